The van der Waals surface area contributed by atoms with Gasteiger partial charge in [-0.3, -0.25) is 14.5 Å². The number of nitrogens with one attached hydrogen (secondary N) is 1. The molecule has 50 heavy (non-hydrogen) atoms. The highest BCUT2D eigenvalue weighted by Crippen LogP contribution is 2.51. The minimum Gasteiger partial charge on any atom is -0.369 e. The van der Waals surface area contributed by atoms with Crippen LogP contribution in [0.5, 0.6) is 0 Å². The van der Waals surface area contributed by atoms with E-state index in [9.17, 15) is 22.8 Å². The maximum absolute atomic E-state index is 13.8. The number of piperazine rings is 1. The van der Waals surface area contributed by atoms with Gasteiger partial charge in [-0.1, -0.05) is 91.3 Å². The predicted octanol–water partition coefficient (Wildman–Crippen LogP) is 7.38. The van der Waals surface area contributed by atoms with E-state index in [1.165, 1.54) is 0 Å². The molecule has 260 valence electrons. The molecule has 4 aromatic carbocycles. The number of rotatable bonds is 10. The van der Waals surface area contributed by atoms with E-state index < -0.39 is 24.0 Å². The number of anilines is 1. The molecular weight excluding hydrogens is 637 g/mol. The summed E-state index contributed by atoms with van der Waals surface area (Å²) in [6.45, 7) is 5.69. The predicted molar refractivity (Wildman–Crippen MR) is 190 cm³/mol. The average molecular weight is 681 g/mol. The number of hydrogen-bond acceptors (Lipinski definition) is 4. The average Bonchev–Trinajstić information content (AvgIpc) is 3.43. The van der Waals surface area contributed by atoms with Gasteiger partial charge in [0.25, 0.3) is 5.91 Å². The summed E-state index contributed by atoms with van der Waals surface area (Å²) in [7, 11) is 0. The van der Waals surface area contributed by atoms with Crippen LogP contribution in [-0.2, 0) is 16.6 Å². The standard InChI is InChI=1S/C41H43F3N4O2/c1-29(30-11-3-2-4-12-30)48-22-19-31-17-18-32(27-35(31)38(48)49)47-25-23-46(24-26-47)21-10-9-20-40(39(50)45-28-41(42,43)44)36-15-7-5-13-33(36)34-14-6-8-16-37(34)40/h2-8,11-18,27,29H,9-10,19-26,28H2,1H3,(H,45,50). The summed E-state index contributed by atoms with van der Waals surface area (Å²) in [6.07, 6.45) is -1.72. The highest BCUT2D eigenvalue weighted by Gasteiger charge is 2.49. The first kappa shape index (κ1) is 33.8. The summed E-state index contributed by atoms with van der Waals surface area (Å²) in [5.74, 6) is -0.512. The quantitative estimate of drug-likeness (QED) is 0.178. The van der Waals surface area contributed by atoms with Crippen molar-refractivity contribution in [1.82, 2.24) is 15.1 Å². The van der Waals surface area contributed by atoms with Gasteiger partial charge < -0.3 is 15.1 Å². The van der Waals surface area contributed by atoms with Crippen LogP contribution in [0, 0.1) is 0 Å². The monoisotopic (exact) mass is 680 g/mol. The number of amides is 2. The number of nitrogens with zero attached hydrogens (tertiary/aromatic N) is 3. The molecule has 0 bridgehead atoms. The van der Waals surface area contributed by atoms with E-state index in [2.05, 4.69) is 52.4 Å². The Morgan fingerprint density at radius 2 is 1.44 bits per heavy atom. The Hall–Kier alpha value is -4.63. The number of carbonyl (C=O) groups excluding carboxylic acids is 2. The molecule has 0 spiro atoms. The van der Waals surface area contributed by atoms with Gasteiger partial charge in [-0.2, -0.15) is 13.2 Å². The van der Waals surface area contributed by atoms with E-state index in [1.54, 1.807) is 0 Å². The molecule has 1 atom stereocenters. The zero-order valence-corrected chi connectivity index (χ0v) is 28.4. The van der Waals surface area contributed by atoms with E-state index in [1.807, 2.05) is 71.6 Å². The maximum Gasteiger partial charge on any atom is 0.405 e. The minimum absolute atomic E-state index is 0.00589. The van der Waals surface area contributed by atoms with Crippen molar-refractivity contribution in [3.05, 3.63) is 125 Å². The number of benzene rings is 4. The van der Waals surface area contributed by atoms with E-state index in [-0.39, 0.29) is 11.9 Å². The summed E-state index contributed by atoms with van der Waals surface area (Å²) in [6, 6.07) is 31.7. The molecule has 0 radical (unpaired) electrons. The van der Waals surface area contributed by atoms with Crippen LogP contribution in [0.4, 0.5) is 18.9 Å². The van der Waals surface area contributed by atoms with E-state index in [0.717, 1.165) is 90.2 Å². The summed E-state index contributed by atoms with van der Waals surface area (Å²) in [5, 5.41) is 2.23. The summed E-state index contributed by atoms with van der Waals surface area (Å²) in [5.41, 5.74) is 6.29. The molecule has 1 N–H and O–H groups in total. The highest BCUT2D eigenvalue weighted by molar-refractivity contribution is 6.00. The van der Waals surface area contributed by atoms with E-state index >= 15 is 0 Å². The molecule has 0 saturated carbocycles. The number of halogens is 3. The van der Waals surface area contributed by atoms with Crippen molar-refractivity contribution in [2.24, 2.45) is 0 Å². The summed E-state index contributed by atoms with van der Waals surface area (Å²) < 4.78 is 39.7. The Balaban J connectivity index is 0.978. The molecule has 1 saturated heterocycles. The first-order valence-electron chi connectivity index (χ1n) is 17.7. The summed E-state index contributed by atoms with van der Waals surface area (Å²) >= 11 is 0. The van der Waals surface area contributed by atoms with Gasteiger partial charge >= 0.3 is 6.18 Å². The third-order valence-corrected chi connectivity index (χ3v) is 10.9. The van der Waals surface area contributed by atoms with Crippen molar-refractivity contribution in [3.8, 4) is 11.1 Å². The van der Waals surface area contributed by atoms with Gasteiger partial charge in [0.2, 0.25) is 5.91 Å². The lowest BCUT2D eigenvalue weighted by Gasteiger charge is -2.38. The van der Waals surface area contributed by atoms with Gasteiger partial charge in [0.05, 0.1) is 6.04 Å². The number of unbranched alkanes of at least 4 members (excludes halogenated alkanes) is 1. The molecule has 1 aliphatic carbocycles. The molecule has 9 heteroatoms. The fraction of sp³-hybridized carbons (Fsp3) is 0.366. The lowest BCUT2D eigenvalue weighted by molar-refractivity contribution is -0.141. The SMILES string of the molecule is CC(c1ccccc1)N1CCc2ccc(N3CCN(CCCCC4(C(=O)NCC(F)(F)F)c5ccccc5-c5ccccc54)CC3)cc2C1=O. The molecule has 6 nitrogen and oxygen atoms in total. The number of hydrogen-bond donors (Lipinski definition) is 1. The number of fused-ring (bicyclic) bond motifs is 4. The second-order valence-corrected chi connectivity index (χ2v) is 13.8. The maximum atomic E-state index is 13.8. The van der Waals surface area contributed by atoms with Crippen LogP contribution in [0.3, 0.4) is 0 Å². The molecule has 3 aliphatic rings. The molecule has 4 aromatic rings. The van der Waals surface area contributed by atoms with Crippen LogP contribution >= 0.6 is 0 Å². The van der Waals surface area contributed by atoms with Crippen LogP contribution in [-0.4, -0.2) is 73.6 Å². The third kappa shape index (κ3) is 6.51. The van der Waals surface area contributed by atoms with Gasteiger partial charge in [-0.15, -0.1) is 0 Å². The molecule has 2 aliphatic heterocycles. The largest absolute Gasteiger partial charge is 0.405 e. The normalized spacial score (nSPS) is 17.6. The lowest BCUT2D eigenvalue weighted by Crippen LogP contribution is -2.47. The van der Waals surface area contributed by atoms with Crippen molar-refractivity contribution in [1.29, 1.82) is 0 Å². The smallest absolute Gasteiger partial charge is 0.369 e. The molecule has 1 fully saturated rings. The van der Waals surface area contributed by atoms with Gasteiger partial charge in [0.15, 0.2) is 0 Å². The lowest BCUT2D eigenvalue weighted by atomic mass is 9.73. The van der Waals surface area contributed by atoms with Gasteiger partial charge in [0, 0.05) is 44.0 Å². The van der Waals surface area contributed by atoms with Crippen molar-refractivity contribution < 1.29 is 22.8 Å². The van der Waals surface area contributed by atoms with Crippen LogP contribution in [0.15, 0.2) is 97.1 Å². The van der Waals surface area contributed by atoms with Crippen LogP contribution in [0.25, 0.3) is 11.1 Å². The van der Waals surface area contributed by atoms with Gasteiger partial charge in [-0.05, 0) is 78.2 Å². The molecule has 2 amide bonds. The Morgan fingerprint density at radius 3 is 2.10 bits per heavy atom. The van der Waals surface area contributed by atoms with Crippen molar-refractivity contribution in [3.63, 3.8) is 0 Å². The molecule has 1 unspecified atom stereocenters. The number of alkyl halides is 3. The third-order valence-electron chi connectivity index (χ3n) is 10.9. The van der Waals surface area contributed by atoms with Crippen molar-refractivity contribution in [2.75, 3.05) is 50.7 Å². The van der Waals surface area contributed by atoms with Crippen LogP contribution in [0.1, 0.15) is 64.8 Å². The van der Waals surface area contributed by atoms with E-state index in [4.69, 9.17) is 0 Å². The zero-order chi connectivity index (χ0) is 34.9. The van der Waals surface area contributed by atoms with Gasteiger partial charge in [-0.25, -0.2) is 0 Å². The first-order chi connectivity index (χ1) is 24.2. The Kier molecular flexibility index (Phi) is 9.44. The molecule has 0 aromatic heterocycles. The molecule has 7 rings (SSSR count). The molecule has 2 heterocycles. The van der Waals surface area contributed by atoms with Crippen LogP contribution < -0.4 is 10.2 Å². The Morgan fingerprint density at radius 1 is 0.800 bits per heavy atom. The molecular formula is C41H43F3N4O2. The van der Waals surface area contributed by atoms with Gasteiger partial charge in [0.1, 0.15) is 12.0 Å². The summed E-state index contributed by atoms with van der Waals surface area (Å²) in [4.78, 5) is 34.2. The van der Waals surface area contributed by atoms with Crippen molar-refractivity contribution >= 4 is 17.5 Å². The topological polar surface area (TPSA) is 55.9 Å². The minimum atomic E-state index is -4.49. The zero-order valence-electron chi connectivity index (χ0n) is 28.4. The van der Waals surface area contributed by atoms with Crippen molar-refractivity contribution in [2.45, 2.75) is 50.2 Å². The van der Waals surface area contributed by atoms with E-state index in [0.29, 0.717) is 19.4 Å². The Labute approximate surface area is 291 Å². The van der Waals surface area contributed by atoms with Crippen LogP contribution in [0.2, 0.25) is 0 Å². The number of carbonyl (C=O) groups is 2. The Bertz CT molecular complexity index is 1810. The fourth-order valence-corrected chi connectivity index (χ4v) is 8.20. The fourth-order valence-electron chi connectivity index (χ4n) is 8.20. The second kappa shape index (κ2) is 13.9. The highest BCUT2D eigenvalue weighted by atomic mass is 19.4. The first-order valence-corrected chi connectivity index (χ1v) is 17.7. The second-order valence-electron chi connectivity index (χ2n) is 13.8.